The van der Waals surface area contributed by atoms with Gasteiger partial charge in [0.1, 0.15) is 5.82 Å². The molecule has 0 spiro atoms. The summed E-state index contributed by atoms with van der Waals surface area (Å²) in [4.78, 5) is 13.6. The van der Waals surface area contributed by atoms with Gasteiger partial charge in [-0.2, -0.15) is 0 Å². The molecule has 3 rings (SSSR count). The van der Waals surface area contributed by atoms with Gasteiger partial charge >= 0.3 is 0 Å². The molecular weight excluding hydrogens is 371 g/mol. The average Bonchev–Trinajstić information content (AvgIpc) is 2.99. The molecule has 2 saturated heterocycles. The average molecular weight is 399 g/mol. The zero-order valence-electron chi connectivity index (χ0n) is 15.9. The van der Waals surface area contributed by atoms with Gasteiger partial charge < -0.3 is 9.64 Å². The lowest BCUT2D eigenvalue weighted by Gasteiger charge is -2.43. The van der Waals surface area contributed by atoms with Gasteiger partial charge in [-0.1, -0.05) is 12.1 Å². The number of ether oxygens (including phenoxy) is 1. The number of likely N-dealkylation sites (tertiary alicyclic amines) is 1. The Balaban J connectivity index is 1.80. The lowest BCUT2D eigenvalue weighted by molar-refractivity contribution is -0.133. The van der Waals surface area contributed by atoms with Crippen molar-refractivity contribution in [1.82, 2.24) is 9.21 Å². The number of halogens is 1. The quantitative estimate of drug-likeness (QED) is 0.734. The minimum atomic E-state index is -3.58. The molecule has 0 aliphatic carbocycles. The van der Waals surface area contributed by atoms with E-state index < -0.39 is 15.8 Å². The van der Waals surface area contributed by atoms with Crippen molar-refractivity contribution in [3.8, 4) is 0 Å². The highest BCUT2D eigenvalue weighted by Crippen LogP contribution is 2.44. The molecule has 150 valence electrons. The third-order valence-corrected chi connectivity index (χ3v) is 7.54. The summed E-state index contributed by atoms with van der Waals surface area (Å²) in [6, 6.07) is 5.70. The fourth-order valence-electron chi connectivity index (χ4n) is 4.20. The maximum Gasteiger partial charge on any atom is 0.219 e. The standard InChI is InChI=1S/C19H27FN2O4S/c1-3-26-14-19-7-8-21(15(2)23)10-17(19)11-22(13-19)27(24,25)12-16-5-4-6-18(20)9-16/h4-6,9,17H,3,7-8,10-14H2,1-2H3/t17-,19+/m1/s1. The topological polar surface area (TPSA) is 66.9 Å². The van der Waals surface area contributed by atoms with Crippen molar-refractivity contribution < 1.29 is 22.3 Å². The molecule has 2 fully saturated rings. The molecule has 27 heavy (non-hydrogen) atoms. The van der Waals surface area contributed by atoms with Gasteiger partial charge in [0.15, 0.2) is 0 Å². The zero-order chi connectivity index (χ0) is 19.7. The molecule has 1 amide bonds. The van der Waals surface area contributed by atoms with Crippen LogP contribution in [-0.2, 0) is 25.3 Å². The van der Waals surface area contributed by atoms with Crippen LogP contribution < -0.4 is 0 Å². The van der Waals surface area contributed by atoms with Gasteiger partial charge in [0.05, 0.1) is 12.4 Å². The van der Waals surface area contributed by atoms with E-state index in [4.69, 9.17) is 4.74 Å². The highest BCUT2D eigenvalue weighted by atomic mass is 32.2. The van der Waals surface area contributed by atoms with Crippen LogP contribution in [0, 0.1) is 17.2 Å². The number of carbonyl (C=O) groups excluding carboxylic acids is 1. The summed E-state index contributed by atoms with van der Waals surface area (Å²) < 4.78 is 46.6. The Morgan fingerprint density at radius 1 is 1.37 bits per heavy atom. The van der Waals surface area contributed by atoms with Gasteiger partial charge in [0, 0.05) is 45.1 Å². The number of sulfonamides is 1. The van der Waals surface area contributed by atoms with E-state index in [1.807, 2.05) is 6.92 Å². The molecule has 0 aromatic heterocycles. The second-order valence-corrected chi connectivity index (χ2v) is 9.56. The van der Waals surface area contributed by atoms with E-state index >= 15 is 0 Å². The Bertz CT molecular complexity index is 801. The van der Waals surface area contributed by atoms with Crippen LogP contribution in [0.2, 0.25) is 0 Å². The molecule has 2 aliphatic rings. The molecular formula is C19H27FN2O4S. The number of fused-ring (bicyclic) bond motifs is 1. The third-order valence-electron chi connectivity index (χ3n) is 5.77. The summed E-state index contributed by atoms with van der Waals surface area (Å²) in [5.74, 6) is -0.605. The fraction of sp³-hybridized carbons (Fsp3) is 0.632. The first kappa shape index (κ1) is 20.2. The highest BCUT2D eigenvalue weighted by Gasteiger charge is 2.52. The molecule has 0 saturated carbocycles. The largest absolute Gasteiger partial charge is 0.381 e. The minimum Gasteiger partial charge on any atom is -0.381 e. The van der Waals surface area contributed by atoms with Gasteiger partial charge in [-0.25, -0.2) is 17.1 Å². The molecule has 0 N–H and O–H groups in total. The van der Waals surface area contributed by atoms with Crippen LogP contribution in [0.5, 0.6) is 0 Å². The van der Waals surface area contributed by atoms with Gasteiger partial charge in [-0.15, -0.1) is 0 Å². The van der Waals surface area contributed by atoms with Crippen molar-refractivity contribution in [1.29, 1.82) is 0 Å². The van der Waals surface area contributed by atoms with E-state index in [0.717, 1.165) is 6.42 Å². The number of hydrogen-bond acceptors (Lipinski definition) is 4. The van der Waals surface area contributed by atoms with Gasteiger partial charge in [0.25, 0.3) is 0 Å². The Hall–Kier alpha value is -1.51. The second-order valence-electron chi connectivity index (χ2n) is 7.59. The predicted octanol–water partition coefficient (Wildman–Crippen LogP) is 1.86. The van der Waals surface area contributed by atoms with Crippen molar-refractivity contribution >= 4 is 15.9 Å². The summed E-state index contributed by atoms with van der Waals surface area (Å²) in [5, 5.41) is 0. The lowest BCUT2D eigenvalue weighted by atomic mass is 9.73. The van der Waals surface area contributed by atoms with Crippen molar-refractivity contribution in [3.63, 3.8) is 0 Å². The number of piperidine rings is 1. The van der Waals surface area contributed by atoms with E-state index in [1.165, 1.54) is 22.5 Å². The third kappa shape index (κ3) is 4.33. The zero-order valence-corrected chi connectivity index (χ0v) is 16.7. The molecule has 1 aromatic rings. The van der Waals surface area contributed by atoms with Crippen LogP contribution >= 0.6 is 0 Å². The Morgan fingerprint density at radius 2 is 2.15 bits per heavy atom. The number of amides is 1. The van der Waals surface area contributed by atoms with E-state index in [1.54, 1.807) is 17.9 Å². The Kier molecular flexibility index (Phi) is 5.88. The van der Waals surface area contributed by atoms with Crippen LogP contribution in [0.4, 0.5) is 4.39 Å². The van der Waals surface area contributed by atoms with Crippen LogP contribution in [0.15, 0.2) is 24.3 Å². The molecule has 0 radical (unpaired) electrons. The maximum atomic E-state index is 13.4. The van der Waals surface area contributed by atoms with E-state index in [2.05, 4.69) is 0 Å². The lowest BCUT2D eigenvalue weighted by Crippen LogP contribution is -2.50. The predicted molar refractivity (Wildman–Crippen MR) is 99.9 cm³/mol. The number of carbonyl (C=O) groups is 1. The first-order valence-electron chi connectivity index (χ1n) is 9.31. The summed E-state index contributed by atoms with van der Waals surface area (Å²) in [6.45, 7) is 6.46. The van der Waals surface area contributed by atoms with Crippen LogP contribution in [0.3, 0.4) is 0 Å². The molecule has 6 nitrogen and oxygen atoms in total. The molecule has 2 heterocycles. The normalized spacial score (nSPS) is 26.2. The van der Waals surface area contributed by atoms with Crippen molar-refractivity contribution in [2.24, 2.45) is 11.3 Å². The summed E-state index contributed by atoms with van der Waals surface area (Å²) in [7, 11) is -3.58. The molecule has 1 aromatic carbocycles. The number of nitrogens with zero attached hydrogens (tertiary/aromatic N) is 2. The summed E-state index contributed by atoms with van der Waals surface area (Å²) in [6.07, 6.45) is 0.725. The van der Waals surface area contributed by atoms with Crippen LogP contribution in [0.25, 0.3) is 0 Å². The van der Waals surface area contributed by atoms with E-state index in [-0.39, 0.29) is 23.0 Å². The van der Waals surface area contributed by atoms with Gasteiger partial charge in [0.2, 0.25) is 15.9 Å². The molecule has 2 aliphatic heterocycles. The monoisotopic (exact) mass is 398 g/mol. The first-order valence-corrected chi connectivity index (χ1v) is 10.9. The van der Waals surface area contributed by atoms with Gasteiger partial charge in [-0.3, -0.25) is 4.79 Å². The molecule has 0 bridgehead atoms. The number of hydrogen-bond donors (Lipinski definition) is 0. The van der Waals surface area contributed by atoms with Crippen molar-refractivity contribution in [3.05, 3.63) is 35.6 Å². The van der Waals surface area contributed by atoms with Crippen molar-refractivity contribution in [2.75, 3.05) is 39.4 Å². The second kappa shape index (κ2) is 7.85. The SMILES string of the molecule is CCOC[C@@]12CCN(C(C)=O)C[C@@H]1CN(S(=O)(=O)Cc1cccc(F)c1)C2. The Labute approximate surface area is 160 Å². The number of rotatable bonds is 6. The molecule has 0 unspecified atom stereocenters. The van der Waals surface area contributed by atoms with Crippen molar-refractivity contribution in [2.45, 2.75) is 26.0 Å². The molecule has 8 heteroatoms. The van der Waals surface area contributed by atoms with E-state index in [0.29, 0.717) is 45.0 Å². The smallest absolute Gasteiger partial charge is 0.219 e. The highest BCUT2D eigenvalue weighted by molar-refractivity contribution is 7.88. The first-order chi connectivity index (χ1) is 12.8. The molecule has 2 atom stereocenters. The summed E-state index contributed by atoms with van der Waals surface area (Å²) >= 11 is 0. The van der Waals surface area contributed by atoms with Crippen LogP contribution in [-0.4, -0.2) is 62.9 Å². The fourth-order valence-corrected chi connectivity index (χ4v) is 5.85. The minimum absolute atomic E-state index is 0.0149. The van der Waals surface area contributed by atoms with Gasteiger partial charge in [-0.05, 0) is 37.0 Å². The van der Waals surface area contributed by atoms with E-state index in [9.17, 15) is 17.6 Å². The van der Waals surface area contributed by atoms with Crippen LogP contribution in [0.1, 0.15) is 25.8 Å². The Morgan fingerprint density at radius 3 is 2.81 bits per heavy atom. The summed E-state index contributed by atoms with van der Waals surface area (Å²) in [5.41, 5.74) is 0.172. The number of benzene rings is 1. The maximum absolute atomic E-state index is 13.4.